The average molecular weight is 408 g/mol. The van der Waals surface area contributed by atoms with Crippen molar-refractivity contribution in [3.8, 4) is 0 Å². The minimum absolute atomic E-state index is 0.0921. The highest BCUT2D eigenvalue weighted by atomic mass is 16.6. The number of ether oxygens (including phenoxy) is 3. The molecule has 0 aliphatic heterocycles. The predicted molar refractivity (Wildman–Crippen MR) is 109 cm³/mol. The van der Waals surface area contributed by atoms with Crippen LogP contribution in [0.4, 0.5) is 4.79 Å². The standard InChI is InChI=1S/C22H33NO6/c1-15(2)13-18(23(7)21(26)29-22(4,5)6)20(25)28-16(3)19(24)27-14-17-11-9-8-10-12-17/h8-12,15-16,18H,13-14H2,1-7H3/t16-,18+/m1/s1. The summed E-state index contributed by atoms with van der Waals surface area (Å²) >= 11 is 0. The topological polar surface area (TPSA) is 82.1 Å². The van der Waals surface area contributed by atoms with Crippen molar-refractivity contribution in [2.75, 3.05) is 7.05 Å². The van der Waals surface area contributed by atoms with Crippen LogP contribution < -0.4 is 0 Å². The molecule has 2 atom stereocenters. The van der Waals surface area contributed by atoms with Crippen LogP contribution in [0.25, 0.3) is 0 Å². The molecule has 0 fully saturated rings. The SMILES string of the molecule is CC(C)C[C@@H](C(=O)O[C@H](C)C(=O)OCc1ccccc1)N(C)C(=O)OC(C)(C)C. The zero-order valence-corrected chi connectivity index (χ0v) is 18.4. The van der Waals surface area contributed by atoms with Gasteiger partial charge in [-0.05, 0) is 45.6 Å². The normalized spacial score (nSPS) is 13.4. The number of benzene rings is 1. The Labute approximate surface area is 173 Å². The van der Waals surface area contributed by atoms with Gasteiger partial charge in [-0.15, -0.1) is 0 Å². The summed E-state index contributed by atoms with van der Waals surface area (Å²) in [5.41, 5.74) is 0.147. The molecule has 0 N–H and O–H groups in total. The molecule has 162 valence electrons. The molecule has 1 amide bonds. The maximum Gasteiger partial charge on any atom is 0.410 e. The Kier molecular flexibility index (Phi) is 9.14. The first-order chi connectivity index (χ1) is 13.4. The van der Waals surface area contributed by atoms with Crippen LogP contribution in [0.15, 0.2) is 30.3 Å². The predicted octanol–water partition coefficient (Wildman–Crippen LogP) is 3.94. The van der Waals surface area contributed by atoms with Crippen LogP contribution in [-0.2, 0) is 30.4 Å². The Bertz CT molecular complexity index is 680. The van der Waals surface area contributed by atoms with Gasteiger partial charge in [0.1, 0.15) is 18.2 Å². The fourth-order valence-corrected chi connectivity index (χ4v) is 2.47. The van der Waals surface area contributed by atoms with E-state index in [-0.39, 0.29) is 12.5 Å². The van der Waals surface area contributed by atoms with Crippen molar-refractivity contribution in [1.82, 2.24) is 4.90 Å². The van der Waals surface area contributed by atoms with Crippen LogP contribution >= 0.6 is 0 Å². The molecule has 0 heterocycles. The van der Waals surface area contributed by atoms with Gasteiger partial charge < -0.3 is 14.2 Å². The number of amides is 1. The molecule has 0 aliphatic carbocycles. The van der Waals surface area contributed by atoms with Crippen LogP contribution in [0.2, 0.25) is 0 Å². The van der Waals surface area contributed by atoms with Crippen LogP contribution in [0, 0.1) is 5.92 Å². The van der Waals surface area contributed by atoms with Crippen molar-refractivity contribution in [2.45, 2.75) is 72.3 Å². The summed E-state index contributed by atoms with van der Waals surface area (Å²) in [5, 5.41) is 0. The van der Waals surface area contributed by atoms with E-state index in [2.05, 4.69) is 0 Å². The third-order valence-electron chi connectivity index (χ3n) is 3.96. The molecule has 0 unspecified atom stereocenters. The first-order valence-corrected chi connectivity index (χ1v) is 9.77. The maximum absolute atomic E-state index is 12.7. The molecule has 7 heteroatoms. The highest BCUT2D eigenvalue weighted by molar-refractivity contribution is 5.84. The second-order valence-electron chi connectivity index (χ2n) is 8.41. The van der Waals surface area contributed by atoms with Crippen molar-refractivity contribution >= 4 is 18.0 Å². The fourth-order valence-electron chi connectivity index (χ4n) is 2.47. The minimum atomic E-state index is -1.09. The Balaban J connectivity index is 2.72. The monoisotopic (exact) mass is 407 g/mol. The van der Waals surface area contributed by atoms with Gasteiger partial charge in [-0.25, -0.2) is 14.4 Å². The molecule has 1 aromatic rings. The lowest BCUT2D eigenvalue weighted by molar-refractivity contribution is -0.170. The summed E-state index contributed by atoms with van der Waals surface area (Å²) in [6.07, 6.45) is -1.34. The van der Waals surface area contributed by atoms with Crippen LogP contribution in [0.5, 0.6) is 0 Å². The molecule has 0 bridgehead atoms. The molecule has 0 spiro atoms. The molecule has 0 aliphatic rings. The lowest BCUT2D eigenvalue weighted by atomic mass is 10.0. The quantitative estimate of drug-likeness (QED) is 0.479. The number of carbonyl (C=O) groups excluding carboxylic acids is 3. The Morgan fingerprint density at radius 3 is 2.10 bits per heavy atom. The van der Waals surface area contributed by atoms with E-state index >= 15 is 0 Å². The van der Waals surface area contributed by atoms with E-state index in [9.17, 15) is 14.4 Å². The summed E-state index contributed by atoms with van der Waals surface area (Å²) in [4.78, 5) is 38.5. The van der Waals surface area contributed by atoms with Gasteiger partial charge in [0.15, 0.2) is 6.10 Å². The second-order valence-corrected chi connectivity index (χ2v) is 8.41. The van der Waals surface area contributed by atoms with Crippen molar-refractivity contribution in [2.24, 2.45) is 5.92 Å². The summed E-state index contributed by atoms with van der Waals surface area (Å²) in [6.45, 7) is 10.7. The van der Waals surface area contributed by atoms with E-state index in [1.165, 1.54) is 18.9 Å². The molecule has 1 aromatic carbocycles. The van der Waals surface area contributed by atoms with Gasteiger partial charge in [-0.3, -0.25) is 4.90 Å². The summed E-state index contributed by atoms with van der Waals surface area (Å²) in [7, 11) is 1.49. The number of carbonyl (C=O) groups is 3. The number of hydrogen-bond donors (Lipinski definition) is 0. The van der Waals surface area contributed by atoms with E-state index in [0.29, 0.717) is 6.42 Å². The number of hydrogen-bond acceptors (Lipinski definition) is 6. The van der Waals surface area contributed by atoms with Crippen LogP contribution in [0.1, 0.15) is 53.5 Å². The number of esters is 2. The van der Waals surface area contributed by atoms with Crippen molar-refractivity contribution in [3.63, 3.8) is 0 Å². The number of likely N-dealkylation sites (N-methyl/N-ethyl adjacent to an activating group) is 1. The molecule has 1 rings (SSSR count). The highest BCUT2D eigenvalue weighted by Gasteiger charge is 2.34. The largest absolute Gasteiger partial charge is 0.458 e. The lowest BCUT2D eigenvalue weighted by Crippen LogP contribution is -2.47. The molecule has 7 nitrogen and oxygen atoms in total. The van der Waals surface area contributed by atoms with E-state index in [1.54, 1.807) is 20.8 Å². The van der Waals surface area contributed by atoms with E-state index in [0.717, 1.165) is 5.56 Å². The Hall–Kier alpha value is -2.57. The van der Waals surface area contributed by atoms with Gasteiger partial charge in [-0.1, -0.05) is 44.2 Å². The zero-order valence-electron chi connectivity index (χ0n) is 18.4. The zero-order chi connectivity index (χ0) is 22.2. The van der Waals surface area contributed by atoms with Gasteiger partial charge in [0.25, 0.3) is 0 Å². The van der Waals surface area contributed by atoms with Gasteiger partial charge >= 0.3 is 18.0 Å². The van der Waals surface area contributed by atoms with Gasteiger partial charge in [0.2, 0.25) is 0 Å². The van der Waals surface area contributed by atoms with Gasteiger partial charge in [0.05, 0.1) is 0 Å². The summed E-state index contributed by atoms with van der Waals surface area (Å²) in [5.74, 6) is -1.19. The maximum atomic E-state index is 12.7. The van der Waals surface area contributed by atoms with Crippen LogP contribution in [0.3, 0.4) is 0 Å². The Morgan fingerprint density at radius 1 is 1.00 bits per heavy atom. The van der Waals surface area contributed by atoms with Crippen molar-refractivity contribution < 1.29 is 28.6 Å². The van der Waals surface area contributed by atoms with E-state index in [1.807, 2.05) is 44.2 Å². The summed E-state index contributed by atoms with van der Waals surface area (Å²) < 4.78 is 15.8. The molecule has 0 saturated heterocycles. The van der Waals surface area contributed by atoms with Crippen molar-refractivity contribution in [1.29, 1.82) is 0 Å². The Morgan fingerprint density at radius 2 is 1.59 bits per heavy atom. The molecule has 0 saturated carbocycles. The first kappa shape index (κ1) is 24.5. The van der Waals surface area contributed by atoms with Gasteiger partial charge in [0, 0.05) is 7.05 Å². The van der Waals surface area contributed by atoms with E-state index < -0.39 is 35.8 Å². The number of nitrogens with zero attached hydrogens (tertiary/aromatic N) is 1. The first-order valence-electron chi connectivity index (χ1n) is 9.77. The summed E-state index contributed by atoms with van der Waals surface area (Å²) in [6, 6.07) is 8.35. The highest BCUT2D eigenvalue weighted by Crippen LogP contribution is 2.17. The molecule has 0 aromatic heterocycles. The number of rotatable bonds is 8. The second kappa shape index (κ2) is 10.8. The van der Waals surface area contributed by atoms with Crippen LogP contribution in [-0.4, -0.2) is 47.7 Å². The van der Waals surface area contributed by atoms with E-state index in [4.69, 9.17) is 14.2 Å². The molecular weight excluding hydrogens is 374 g/mol. The van der Waals surface area contributed by atoms with Gasteiger partial charge in [-0.2, -0.15) is 0 Å². The third-order valence-corrected chi connectivity index (χ3v) is 3.96. The fraction of sp³-hybridized carbons (Fsp3) is 0.591. The molecular formula is C22H33NO6. The van der Waals surface area contributed by atoms with Crippen molar-refractivity contribution in [3.05, 3.63) is 35.9 Å². The smallest absolute Gasteiger partial charge is 0.410 e. The molecule has 0 radical (unpaired) electrons. The minimum Gasteiger partial charge on any atom is -0.458 e. The molecule has 29 heavy (non-hydrogen) atoms. The average Bonchev–Trinajstić information content (AvgIpc) is 2.62. The third kappa shape index (κ3) is 8.98. The lowest BCUT2D eigenvalue weighted by Gasteiger charge is -2.30.